The monoisotopic (exact) mass is 509 g/mol. The number of carbonyl (C=O) groups is 2. The van der Waals surface area contributed by atoms with Gasteiger partial charge in [-0.1, -0.05) is 26.0 Å². The molecule has 3 aliphatic rings. The van der Waals surface area contributed by atoms with E-state index < -0.39 is 0 Å². The van der Waals surface area contributed by atoms with Crippen molar-refractivity contribution >= 4 is 11.8 Å². The molecule has 200 valence electrons. The minimum atomic E-state index is -0.276. The summed E-state index contributed by atoms with van der Waals surface area (Å²) in [5.41, 5.74) is 3.21. The van der Waals surface area contributed by atoms with Crippen LogP contribution in [0.4, 0.5) is 4.39 Å². The van der Waals surface area contributed by atoms with E-state index in [2.05, 4.69) is 21.7 Å². The Bertz CT molecular complexity index is 1150. The third-order valence-electron chi connectivity index (χ3n) is 8.56. The van der Waals surface area contributed by atoms with Gasteiger partial charge in [0.15, 0.2) is 0 Å². The van der Waals surface area contributed by atoms with Crippen molar-refractivity contribution < 1.29 is 14.0 Å². The van der Waals surface area contributed by atoms with Gasteiger partial charge in [-0.3, -0.25) is 14.5 Å². The van der Waals surface area contributed by atoms with E-state index in [9.17, 15) is 14.0 Å². The Balaban J connectivity index is 1.29. The van der Waals surface area contributed by atoms with Crippen LogP contribution >= 0.6 is 0 Å². The van der Waals surface area contributed by atoms with Gasteiger partial charge < -0.3 is 14.8 Å². The number of nitrogens with zero attached hydrogens (tertiary/aromatic N) is 4. The van der Waals surface area contributed by atoms with Crippen LogP contribution in [0.3, 0.4) is 0 Å². The number of nitrogens with one attached hydrogen (secondary N) is 1. The van der Waals surface area contributed by atoms with Crippen molar-refractivity contribution in [2.75, 3.05) is 13.1 Å². The maximum atomic E-state index is 13.9. The van der Waals surface area contributed by atoms with Crippen LogP contribution < -0.4 is 5.32 Å². The van der Waals surface area contributed by atoms with Gasteiger partial charge in [-0.15, -0.1) is 0 Å². The van der Waals surface area contributed by atoms with Crippen LogP contribution in [0, 0.1) is 18.7 Å². The Hall–Kier alpha value is -2.74. The predicted molar refractivity (Wildman–Crippen MR) is 140 cm³/mol. The quantitative estimate of drug-likeness (QED) is 0.604. The molecule has 1 aromatic heterocycles. The fourth-order valence-electron chi connectivity index (χ4n) is 6.94. The number of halogens is 1. The molecular weight excluding hydrogens is 469 g/mol. The molecule has 2 aromatic rings. The molecule has 2 saturated heterocycles. The molecule has 0 saturated carbocycles. The normalized spacial score (nSPS) is 24.3. The van der Waals surface area contributed by atoms with Crippen molar-refractivity contribution in [2.45, 2.75) is 96.9 Å². The second-order valence-electron chi connectivity index (χ2n) is 11.4. The molecule has 2 fully saturated rings. The second-order valence-corrected chi connectivity index (χ2v) is 11.4. The number of rotatable bonds is 7. The highest BCUT2D eigenvalue weighted by atomic mass is 19.1. The van der Waals surface area contributed by atoms with Crippen molar-refractivity contribution in [1.29, 1.82) is 0 Å². The van der Waals surface area contributed by atoms with Gasteiger partial charge in [0, 0.05) is 50.5 Å². The SMILES string of the molecule is CC(=O)NC(CCN1C2CCC1CC(n1c(C)nc3c1CN(C(=O)C(C)C)CC3)C2)c1cccc(F)c1. The zero-order valence-electron chi connectivity index (χ0n) is 22.5. The molecule has 2 amide bonds. The van der Waals surface area contributed by atoms with Gasteiger partial charge >= 0.3 is 0 Å². The fraction of sp³-hybridized carbons (Fsp3) is 0.621. The van der Waals surface area contributed by atoms with Crippen molar-refractivity contribution in [2.24, 2.45) is 5.92 Å². The number of benzene rings is 1. The first kappa shape index (κ1) is 25.9. The van der Waals surface area contributed by atoms with E-state index in [1.54, 1.807) is 6.07 Å². The van der Waals surface area contributed by atoms with Crippen molar-refractivity contribution in [3.63, 3.8) is 0 Å². The molecule has 7 nitrogen and oxygen atoms in total. The molecule has 5 rings (SSSR count). The number of aryl methyl sites for hydroxylation is 1. The molecule has 3 aliphatic heterocycles. The van der Waals surface area contributed by atoms with Gasteiger partial charge in [-0.05, 0) is 56.7 Å². The van der Waals surface area contributed by atoms with Gasteiger partial charge in [-0.25, -0.2) is 9.37 Å². The largest absolute Gasteiger partial charge is 0.349 e. The summed E-state index contributed by atoms with van der Waals surface area (Å²) < 4.78 is 16.3. The summed E-state index contributed by atoms with van der Waals surface area (Å²) in [6.45, 7) is 9.86. The van der Waals surface area contributed by atoms with Crippen LogP contribution in [0.2, 0.25) is 0 Å². The number of hydrogen-bond donors (Lipinski definition) is 1. The summed E-state index contributed by atoms with van der Waals surface area (Å²) >= 11 is 0. The zero-order chi connectivity index (χ0) is 26.3. The number of carbonyl (C=O) groups excluding carboxylic acids is 2. The summed E-state index contributed by atoms with van der Waals surface area (Å²) in [5.74, 6) is 0.922. The highest BCUT2D eigenvalue weighted by Crippen LogP contribution is 2.43. The van der Waals surface area contributed by atoms with Gasteiger partial charge in [0.2, 0.25) is 11.8 Å². The number of fused-ring (bicyclic) bond motifs is 3. The van der Waals surface area contributed by atoms with E-state index in [1.165, 1.54) is 37.6 Å². The summed E-state index contributed by atoms with van der Waals surface area (Å²) in [4.78, 5) is 34.1. The topological polar surface area (TPSA) is 70.5 Å². The molecule has 8 heteroatoms. The summed E-state index contributed by atoms with van der Waals surface area (Å²) in [6.07, 6.45) is 6.09. The minimum Gasteiger partial charge on any atom is -0.349 e. The van der Waals surface area contributed by atoms with Crippen LogP contribution in [0.15, 0.2) is 24.3 Å². The number of aromatic nitrogens is 2. The lowest BCUT2D eigenvalue weighted by molar-refractivity contribution is -0.135. The lowest BCUT2D eigenvalue weighted by atomic mass is 9.95. The van der Waals surface area contributed by atoms with Crippen LogP contribution in [-0.2, 0) is 22.6 Å². The average molecular weight is 510 g/mol. The van der Waals surface area contributed by atoms with Crippen molar-refractivity contribution in [3.05, 3.63) is 52.9 Å². The molecule has 1 aromatic carbocycles. The van der Waals surface area contributed by atoms with E-state index >= 15 is 0 Å². The lowest BCUT2D eigenvalue weighted by Crippen LogP contribution is -2.45. The predicted octanol–water partition coefficient (Wildman–Crippen LogP) is 4.31. The van der Waals surface area contributed by atoms with Crippen LogP contribution in [0.25, 0.3) is 0 Å². The molecule has 3 atom stereocenters. The van der Waals surface area contributed by atoms with Gasteiger partial charge in [-0.2, -0.15) is 0 Å². The highest BCUT2D eigenvalue weighted by Gasteiger charge is 2.42. The van der Waals surface area contributed by atoms with Gasteiger partial charge in [0.1, 0.15) is 11.6 Å². The van der Waals surface area contributed by atoms with Crippen LogP contribution in [0.5, 0.6) is 0 Å². The molecule has 2 bridgehead atoms. The minimum absolute atomic E-state index is 0.00629. The lowest BCUT2D eigenvalue weighted by Gasteiger charge is -2.41. The molecule has 3 unspecified atom stereocenters. The van der Waals surface area contributed by atoms with E-state index in [1.807, 2.05) is 24.8 Å². The van der Waals surface area contributed by atoms with E-state index in [-0.39, 0.29) is 29.6 Å². The Kier molecular flexibility index (Phi) is 7.39. The molecular formula is C29H40FN5O2. The van der Waals surface area contributed by atoms with E-state index in [0.717, 1.165) is 55.9 Å². The zero-order valence-corrected chi connectivity index (χ0v) is 22.5. The Labute approximate surface area is 219 Å². The Morgan fingerprint density at radius 3 is 2.54 bits per heavy atom. The Morgan fingerprint density at radius 1 is 1.16 bits per heavy atom. The van der Waals surface area contributed by atoms with Crippen molar-refractivity contribution in [3.8, 4) is 0 Å². The smallest absolute Gasteiger partial charge is 0.225 e. The standard InChI is InChI=1S/C29H40FN5O2/c1-18(2)29(37)33-12-10-27-28(17-33)35(19(3)31-27)25-15-23-8-9-24(16-25)34(23)13-11-26(32-20(4)36)21-6-5-7-22(30)14-21/h5-7,14,18,23-26H,8-13,15-17H2,1-4H3,(H,32,36). The third kappa shape index (κ3) is 5.31. The number of amides is 2. The van der Waals surface area contributed by atoms with Gasteiger partial charge in [0.05, 0.1) is 24.0 Å². The Morgan fingerprint density at radius 2 is 1.89 bits per heavy atom. The molecule has 0 radical (unpaired) electrons. The van der Waals surface area contributed by atoms with Crippen LogP contribution in [0.1, 0.15) is 87.7 Å². The highest BCUT2D eigenvalue weighted by molar-refractivity contribution is 5.78. The maximum Gasteiger partial charge on any atom is 0.225 e. The molecule has 0 aliphatic carbocycles. The first-order valence-electron chi connectivity index (χ1n) is 13.8. The molecule has 4 heterocycles. The molecule has 1 N–H and O–H groups in total. The average Bonchev–Trinajstić information content (AvgIpc) is 3.30. The number of piperidine rings is 1. The maximum absolute atomic E-state index is 13.9. The molecule has 0 spiro atoms. The summed E-state index contributed by atoms with van der Waals surface area (Å²) in [5, 5.41) is 3.03. The number of hydrogen-bond acceptors (Lipinski definition) is 4. The van der Waals surface area contributed by atoms with Crippen molar-refractivity contribution in [1.82, 2.24) is 24.7 Å². The van der Waals surface area contributed by atoms with Crippen LogP contribution in [-0.4, -0.2) is 56.3 Å². The molecule has 37 heavy (non-hydrogen) atoms. The second kappa shape index (κ2) is 10.6. The first-order chi connectivity index (χ1) is 17.7. The summed E-state index contributed by atoms with van der Waals surface area (Å²) in [6, 6.07) is 7.74. The fourth-order valence-corrected chi connectivity index (χ4v) is 6.94. The van der Waals surface area contributed by atoms with E-state index in [0.29, 0.717) is 24.7 Å². The number of imidazole rings is 1. The third-order valence-corrected chi connectivity index (χ3v) is 8.56. The summed E-state index contributed by atoms with van der Waals surface area (Å²) in [7, 11) is 0. The first-order valence-corrected chi connectivity index (χ1v) is 13.8. The van der Waals surface area contributed by atoms with Gasteiger partial charge in [0.25, 0.3) is 0 Å². The van der Waals surface area contributed by atoms with E-state index in [4.69, 9.17) is 4.98 Å².